The highest BCUT2D eigenvalue weighted by atomic mass is 14.9. The lowest BCUT2D eigenvalue weighted by Crippen LogP contribution is -2.41. The van der Waals surface area contributed by atoms with E-state index < -0.39 is 0 Å². The molecule has 0 aliphatic heterocycles. The fourth-order valence-electron chi connectivity index (χ4n) is 2.15. The maximum atomic E-state index is 3.75. The Kier molecular flexibility index (Phi) is 4.24. The molecular weight excluding hydrogens is 158 g/mol. The zero-order valence-electron chi connectivity index (χ0n) is 9.64. The third-order valence-electron chi connectivity index (χ3n) is 3.43. The largest absolute Gasteiger partial charge is 0.311 e. The molecule has 1 rings (SSSR count). The number of nitrogens with one attached hydrogen (secondary N) is 1. The van der Waals surface area contributed by atoms with Gasteiger partial charge in [0.05, 0.1) is 0 Å². The van der Waals surface area contributed by atoms with E-state index in [4.69, 9.17) is 0 Å². The lowest BCUT2D eigenvalue weighted by atomic mass is 9.86. The van der Waals surface area contributed by atoms with Gasteiger partial charge in [-0.3, -0.25) is 0 Å². The Morgan fingerprint density at radius 3 is 2.38 bits per heavy atom. The van der Waals surface area contributed by atoms with Crippen molar-refractivity contribution in [2.75, 3.05) is 0 Å². The summed E-state index contributed by atoms with van der Waals surface area (Å²) in [5.74, 6) is 1.70. The molecule has 0 saturated heterocycles. The molecule has 0 aromatic heterocycles. The Balaban J connectivity index is 2.27. The van der Waals surface area contributed by atoms with Crippen LogP contribution in [0.15, 0.2) is 0 Å². The number of hydrogen-bond acceptors (Lipinski definition) is 1. The van der Waals surface area contributed by atoms with Crippen LogP contribution in [0.25, 0.3) is 0 Å². The van der Waals surface area contributed by atoms with Crippen LogP contribution in [0, 0.1) is 11.8 Å². The van der Waals surface area contributed by atoms with Crippen molar-refractivity contribution >= 4 is 0 Å². The highest BCUT2D eigenvalue weighted by Gasteiger charge is 2.20. The van der Waals surface area contributed by atoms with Gasteiger partial charge in [0.1, 0.15) is 0 Å². The van der Waals surface area contributed by atoms with Crippen molar-refractivity contribution in [1.29, 1.82) is 0 Å². The molecule has 0 spiro atoms. The van der Waals surface area contributed by atoms with Crippen molar-refractivity contribution in [3.8, 4) is 0 Å². The minimum Gasteiger partial charge on any atom is -0.311 e. The summed E-state index contributed by atoms with van der Waals surface area (Å²) in [4.78, 5) is 0. The highest BCUT2D eigenvalue weighted by molar-refractivity contribution is 4.79. The normalized spacial score (nSPS) is 32.1. The van der Waals surface area contributed by atoms with E-state index in [9.17, 15) is 0 Å². The summed E-state index contributed by atoms with van der Waals surface area (Å²) in [6.45, 7) is 9.28. The molecule has 1 saturated carbocycles. The van der Waals surface area contributed by atoms with Gasteiger partial charge in [-0.1, -0.05) is 33.6 Å². The summed E-state index contributed by atoms with van der Waals surface area (Å²) in [5, 5.41) is 3.75. The first-order valence-electron chi connectivity index (χ1n) is 5.85. The third kappa shape index (κ3) is 3.68. The molecule has 1 N–H and O–H groups in total. The van der Waals surface area contributed by atoms with E-state index in [1.807, 2.05) is 0 Å². The first-order valence-corrected chi connectivity index (χ1v) is 5.85. The number of hydrogen-bond donors (Lipinski definition) is 1. The van der Waals surface area contributed by atoms with Crippen LogP contribution in [-0.4, -0.2) is 12.1 Å². The Bertz CT molecular complexity index is 142. The van der Waals surface area contributed by atoms with Crippen LogP contribution in [0.3, 0.4) is 0 Å². The van der Waals surface area contributed by atoms with Crippen molar-refractivity contribution in [3.05, 3.63) is 0 Å². The molecule has 3 atom stereocenters. The molecule has 1 nitrogen and oxygen atoms in total. The maximum Gasteiger partial charge on any atom is 0.00721 e. The molecule has 0 bridgehead atoms. The predicted octanol–water partition coefficient (Wildman–Crippen LogP) is 3.20. The van der Waals surface area contributed by atoms with Gasteiger partial charge in [-0.05, 0) is 31.6 Å². The van der Waals surface area contributed by atoms with E-state index in [1.165, 1.54) is 25.7 Å². The van der Waals surface area contributed by atoms with Crippen molar-refractivity contribution in [3.63, 3.8) is 0 Å². The van der Waals surface area contributed by atoms with Gasteiger partial charge < -0.3 is 5.32 Å². The van der Waals surface area contributed by atoms with E-state index in [1.54, 1.807) is 0 Å². The number of rotatable bonds is 3. The average molecular weight is 183 g/mol. The second-order valence-electron chi connectivity index (χ2n) is 5.17. The highest BCUT2D eigenvalue weighted by Crippen LogP contribution is 2.24. The van der Waals surface area contributed by atoms with Gasteiger partial charge in [-0.15, -0.1) is 0 Å². The minimum atomic E-state index is 0.676. The summed E-state index contributed by atoms with van der Waals surface area (Å²) >= 11 is 0. The van der Waals surface area contributed by atoms with Gasteiger partial charge in [0.15, 0.2) is 0 Å². The molecule has 13 heavy (non-hydrogen) atoms. The minimum absolute atomic E-state index is 0.676. The van der Waals surface area contributed by atoms with E-state index in [-0.39, 0.29) is 0 Å². The molecular formula is C12H25N. The Hall–Kier alpha value is -0.0400. The molecule has 0 heterocycles. The average Bonchev–Trinajstić information content (AvgIpc) is 2.04. The first-order chi connectivity index (χ1) is 6.09. The van der Waals surface area contributed by atoms with Crippen LogP contribution in [-0.2, 0) is 0 Å². The second kappa shape index (κ2) is 4.99. The zero-order chi connectivity index (χ0) is 9.84. The van der Waals surface area contributed by atoms with Crippen molar-refractivity contribution < 1.29 is 0 Å². The fraction of sp³-hybridized carbons (Fsp3) is 1.00. The molecule has 1 aliphatic rings. The van der Waals surface area contributed by atoms with Crippen LogP contribution in [0.2, 0.25) is 0 Å². The third-order valence-corrected chi connectivity index (χ3v) is 3.43. The van der Waals surface area contributed by atoms with Gasteiger partial charge in [0, 0.05) is 12.1 Å². The molecule has 78 valence electrons. The van der Waals surface area contributed by atoms with Crippen molar-refractivity contribution in [1.82, 2.24) is 5.32 Å². The molecule has 0 unspecified atom stereocenters. The Morgan fingerprint density at radius 2 is 1.85 bits per heavy atom. The molecule has 1 fully saturated rings. The maximum absolute atomic E-state index is 3.75. The van der Waals surface area contributed by atoms with Crippen LogP contribution in [0.1, 0.15) is 53.4 Å². The summed E-state index contributed by atoms with van der Waals surface area (Å²) < 4.78 is 0. The Morgan fingerprint density at radius 1 is 1.15 bits per heavy atom. The molecule has 0 aromatic carbocycles. The summed E-state index contributed by atoms with van der Waals surface area (Å²) in [5.41, 5.74) is 0. The van der Waals surface area contributed by atoms with Gasteiger partial charge >= 0.3 is 0 Å². The second-order valence-corrected chi connectivity index (χ2v) is 5.17. The standard InChI is InChI=1S/C12H25N/c1-9(2)11(4)13-12-7-5-6-10(3)8-12/h9-13H,5-8H2,1-4H3/t10-,11-,12-/m1/s1. The first kappa shape index (κ1) is 11.0. The monoisotopic (exact) mass is 183 g/mol. The van der Waals surface area contributed by atoms with Gasteiger partial charge in [0.2, 0.25) is 0 Å². The zero-order valence-corrected chi connectivity index (χ0v) is 9.64. The van der Waals surface area contributed by atoms with Gasteiger partial charge in [-0.25, -0.2) is 0 Å². The van der Waals surface area contributed by atoms with Crippen molar-refractivity contribution in [2.24, 2.45) is 11.8 Å². The van der Waals surface area contributed by atoms with Gasteiger partial charge in [0.25, 0.3) is 0 Å². The summed E-state index contributed by atoms with van der Waals surface area (Å²) in [6, 6.07) is 1.47. The van der Waals surface area contributed by atoms with E-state index >= 15 is 0 Å². The molecule has 1 heteroatoms. The quantitative estimate of drug-likeness (QED) is 0.708. The summed E-state index contributed by atoms with van der Waals surface area (Å²) in [6.07, 6.45) is 5.64. The Labute approximate surface area is 83.3 Å². The van der Waals surface area contributed by atoms with Gasteiger partial charge in [-0.2, -0.15) is 0 Å². The van der Waals surface area contributed by atoms with E-state index in [0.717, 1.165) is 17.9 Å². The fourth-order valence-corrected chi connectivity index (χ4v) is 2.15. The van der Waals surface area contributed by atoms with E-state index in [0.29, 0.717) is 6.04 Å². The predicted molar refractivity (Wildman–Crippen MR) is 58.9 cm³/mol. The molecule has 1 aliphatic carbocycles. The van der Waals surface area contributed by atoms with Crippen LogP contribution < -0.4 is 5.32 Å². The lowest BCUT2D eigenvalue weighted by Gasteiger charge is -2.31. The molecule has 0 radical (unpaired) electrons. The molecule has 0 amide bonds. The summed E-state index contributed by atoms with van der Waals surface area (Å²) in [7, 11) is 0. The smallest absolute Gasteiger partial charge is 0.00721 e. The SMILES string of the molecule is CC(C)[C@@H](C)N[C@@H]1CCC[C@@H](C)C1. The molecule has 0 aromatic rings. The van der Waals surface area contributed by atoms with Crippen molar-refractivity contribution in [2.45, 2.75) is 65.5 Å². The van der Waals surface area contributed by atoms with Crippen LogP contribution in [0.5, 0.6) is 0 Å². The lowest BCUT2D eigenvalue weighted by molar-refractivity contribution is 0.265. The van der Waals surface area contributed by atoms with Crippen LogP contribution >= 0.6 is 0 Å². The van der Waals surface area contributed by atoms with Crippen LogP contribution in [0.4, 0.5) is 0 Å². The van der Waals surface area contributed by atoms with E-state index in [2.05, 4.69) is 33.0 Å². The topological polar surface area (TPSA) is 12.0 Å².